The number of carboxylic acids is 1. The van der Waals surface area contributed by atoms with Crippen molar-refractivity contribution in [1.82, 2.24) is 9.80 Å². The first-order valence-corrected chi connectivity index (χ1v) is 7.71. The molecule has 1 aliphatic heterocycles. The zero-order valence-electron chi connectivity index (χ0n) is 13.2. The van der Waals surface area contributed by atoms with Gasteiger partial charge in [-0.25, -0.2) is 4.79 Å². The van der Waals surface area contributed by atoms with E-state index in [0.29, 0.717) is 19.4 Å². The van der Waals surface area contributed by atoms with Crippen LogP contribution in [0, 0.1) is 0 Å². The zero-order chi connectivity index (χ0) is 16.1. The van der Waals surface area contributed by atoms with Crippen LogP contribution in [0.5, 0.6) is 0 Å². The Labute approximate surface area is 131 Å². The normalized spacial score (nSPS) is 21.3. The molecule has 2 atom stereocenters. The SMILES string of the molecule is CN(C)[C@@H]1C[C@@H](C(=O)O)N(C(=O)CCCc2ccccc2)C1. The van der Waals surface area contributed by atoms with Crippen LogP contribution in [0.2, 0.25) is 0 Å². The summed E-state index contributed by atoms with van der Waals surface area (Å²) in [5.74, 6) is -0.951. The van der Waals surface area contributed by atoms with E-state index in [-0.39, 0.29) is 11.9 Å². The lowest BCUT2D eigenvalue weighted by Crippen LogP contribution is -2.40. The van der Waals surface area contributed by atoms with Gasteiger partial charge in [0.1, 0.15) is 6.04 Å². The number of carbonyl (C=O) groups excluding carboxylic acids is 1. The maximum Gasteiger partial charge on any atom is 0.326 e. The van der Waals surface area contributed by atoms with Crippen LogP contribution in [0.15, 0.2) is 30.3 Å². The Morgan fingerprint density at radius 3 is 2.55 bits per heavy atom. The van der Waals surface area contributed by atoms with E-state index in [9.17, 15) is 14.7 Å². The number of amides is 1. The van der Waals surface area contributed by atoms with Crippen LogP contribution in [-0.4, -0.2) is 59.5 Å². The molecular formula is C17H24N2O3. The Morgan fingerprint density at radius 1 is 1.27 bits per heavy atom. The number of nitrogens with zero attached hydrogens (tertiary/aromatic N) is 2. The number of aryl methyl sites for hydroxylation is 1. The van der Waals surface area contributed by atoms with Gasteiger partial charge in [0.05, 0.1) is 0 Å². The highest BCUT2D eigenvalue weighted by Gasteiger charge is 2.39. The van der Waals surface area contributed by atoms with Crippen LogP contribution in [0.1, 0.15) is 24.8 Å². The van der Waals surface area contributed by atoms with Gasteiger partial charge in [0, 0.05) is 19.0 Å². The Hall–Kier alpha value is -1.88. The van der Waals surface area contributed by atoms with Gasteiger partial charge in [-0.3, -0.25) is 4.79 Å². The summed E-state index contributed by atoms with van der Waals surface area (Å²) in [5.41, 5.74) is 1.21. The van der Waals surface area contributed by atoms with Crippen molar-refractivity contribution < 1.29 is 14.7 Å². The lowest BCUT2D eigenvalue weighted by Gasteiger charge is -2.22. The summed E-state index contributed by atoms with van der Waals surface area (Å²) in [6, 6.07) is 9.47. The third kappa shape index (κ3) is 4.07. The van der Waals surface area contributed by atoms with E-state index in [0.717, 1.165) is 12.8 Å². The molecule has 0 spiro atoms. The van der Waals surface area contributed by atoms with Crippen LogP contribution in [0.3, 0.4) is 0 Å². The average Bonchev–Trinajstić information content (AvgIpc) is 2.94. The number of hydrogen-bond acceptors (Lipinski definition) is 3. The van der Waals surface area contributed by atoms with Gasteiger partial charge in [0.15, 0.2) is 0 Å². The Balaban J connectivity index is 1.88. The number of likely N-dealkylation sites (N-methyl/N-ethyl adjacent to an activating group) is 1. The first-order chi connectivity index (χ1) is 10.5. The molecule has 1 aromatic carbocycles. The van der Waals surface area contributed by atoms with Gasteiger partial charge < -0.3 is 14.9 Å². The molecule has 0 aromatic heterocycles. The number of hydrogen-bond donors (Lipinski definition) is 1. The van der Waals surface area contributed by atoms with Crippen molar-refractivity contribution in [3.8, 4) is 0 Å². The molecule has 1 aromatic rings. The first-order valence-electron chi connectivity index (χ1n) is 7.71. The molecule has 0 saturated carbocycles. The minimum Gasteiger partial charge on any atom is -0.480 e. The topological polar surface area (TPSA) is 60.9 Å². The second kappa shape index (κ2) is 7.40. The standard InChI is InChI=1S/C17H24N2O3/c1-18(2)14-11-15(17(21)22)19(12-14)16(20)10-6-9-13-7-4-3-5-8-13/h3-5,7-8,14-15H,6,9-12H2,1-2H3,(H,21,22)/t14-,15+/m1/s1. The smallest absolute Gasteiger partial charge is 0.326 e. The predicted octanol–water partition coefficient (Wildman–Crippen LogP) is 1.62. The number of carboxylic acid groups (broad SMARTS) is 1. The number of aliphatic carboxylic acids is 1. The number of rotatable bonds is 6. The summed E-state index contributed by atoms with van der Waals surface area (Å²) in [6.45, 7) is 0.508. The molecule has 1 amide bonds. The monoisotopic (exact) mass is 304 g/mol. The lowest BCUT2D eigenvalue weighted by molar-refractivity contribution is -0.148. The minimum absolute atomic E-state index is 0.0484. The molecule has 2 rings (SSSR count). The maximum atomic E-state index is 12.4. The van der Waals surface area contributed by atoms with E-state index >= 15 is 0 Å². The molecule has 1 heterocycles. The molecule has 0 bridgehead atoms. The fraction of sp³-hybridized carbons (Fsp3) is 0.529. The van der Waals surface area contributed by atoms with E-state index in [4.69, 9.17) is 0 Å². The van der Waals surface area contributed by atoms with Gasteiger partial charge >= 0.3 is 5.97 Å². The van der Waals surface area contributed by atoms with Crippen molar-refractivity contribution in [2.75, 3.05) is 20.6 Å². The molecule has 5 nitrogen and oxygen atoms in total. The molecule has 1 fully saturated rings. The molecule has 22 heavy (non-hydrogen) atoms. The van der Waals surface area contributed by atoms with Gasteiger partial charge in [-0.2, -0.15) is 0 Å². The Bertz CT molecular complexity index is 516. The van der Waals surface area contributed by atoms with Gasteiger partial charge in [0.25, 0.3) is 0 Å². The second-order valence-corrected chi connectivity index (χ2v) is 6.09. The molecule has 1 saturated heterocycles. The summed E-state index contributed by atoms with van der Waals surface area (Å²) in [5, 5.41) is 9.32. The summed E-state index contributed by atoms with van der Waals surface area (Å²) < 4.78 is 0. The van der Waals surface area contributed by atoms with E-state index in [1.807, 2.05) is 49.3 Å². The van der Waals surface area contributed by atoms with Crippen LogP contribution >= 0.6 is 0 Å². The molecule has 1 N–H and O–H groups in total. The molecular weight excluding hydrogens is 280 g/mol. The summed E-state index contributed by atoms with van der Waals surface area (Å²) in [7, 11) is 3.85. The van der Waals surface area contributed by atoms with Gasteiger partial charge in [0.2, 0.25) is 5.91 Å². The van der Waals surface area contributed by atoms with E-state index < -0.39 is 12.0 Å². The minimum atomic E-state index is -0.902. The van der Waals surface area contributed by atoms with Crippen LogP contribution < -0.4 is 0 Å². The Kier molecular flexibility index (Phi) is 5.55. The van der Waals surface area contributed by atoms with Crippen LogP contribution in [-0.2, 0) is 16.0 Å². The highest BCUT2D eigenvalue weighted by Crippen LogP contribution is 2.22. The highest BCUT2D eigenvalue weighted by molar-refractivity contribution is 5.84. The summed E-state index contributed by atoms with van der Waals surface area (Å²) in [4.78, 5) is 27.3. The summed E-state index contributed by atoms with van der Waals surface area (Å²) >= 11 is 0. The van der Waals surface area contributed by atoms with Gasteiger partial charge in [-0.05, 0) is 38.9 Å². The van der Waals surface area contributed by atoms with Crippen LogP contribution in [0.25, 0.3) is 0 Å². The van der Waals surface area contributed by atoms with Gasteiger partial charge in [-0.1, -0.05) is 30.3 Å². The quantitative estimate of drug-likeness (QED) is 0.867. The molecule has 1 aliphatic rings. The van der Waals surface area contributed by atoms with E-state index in [2.05, 4.69) is 0 Å². The maximum absolute atomic E-state index is 12.4. The van der Waals surface area contributed by atoms with Crippen molar-refractivity contribution >= 4 is 11.9 Å². The third-order valence-electron chi connectivity index (χ3n) is 4.31. The van der Waals surface area contributed by atoms with Crippen molar-refractivity contribution in [3.63, 3.8) is 0 Å². The third-order valence-corrected chi connectivity index (χ3v) is 4.31. The largest absolute Gasteiger partial charge is 0.480 e. The average molecular weight is 304 g/mol. The molecule has 0 radical (unpaired) electrons. The molecule has 5 heteroatoms. The Morgan fingerprint density at radius 2 is 1.95 bits per heavy atom. The number of likely N-dealkylation sites (tertiary alicyclic amines) is 1. The van der Waals surface area contributed by atoms with E-state index in [1.165, 1.54) is 10.5 Å². The number of carbonyl (C=O) groups is 2. The van der Waals surface area contributed by atoms with Crippen molar-refractivity contribution in [1.29, 1.82) is 0 Å². The summed E-state index contributed by atoms with van der Waals surface area (Å²) in [6.07, 6.45) is 2.50. The van der Waals surface area contributed by atoms with E-state index in [1.54, 1.807) is 0 Å². The van der Waals surface area contributed by atoms with Gasteiger partial charge in [-0.15, -0.1) is 0 Å². The molecule has 120 valence electrons. The zero-order valence-corrected chi connectivity index (χ0v) is 13.2. The van der Waals surface area contributed by atoms with Crippen molar-refractivity contribution in [3.05, 3.63) is 35.9 Å². The fourth-order valence-corrected chi connectivity index (χ4v) is 2.93. The number of benzene rings is 1. The molecule has 0 aliphatic carbocycles. The van der Waals surface area contributed by atoms with Crippen LogP contribution in [0.4, 0.5) is 0 Å². The predicted molar refractivity (Wildman–Crippen MR) is 84.6 cm³/mol. The van der Waals surface area contributed by atoms with Crippen molar-refractivity contribution in [2.45, 2.75) is 37.8 Å². The second-order valence-electron chi connectivity index (χ2n) is 6.09. The molecule has 0 unspecified atom stereocenters. The van der Waals surface area contributed by atoms with Crippen molar-refractivity contribution in [2.24, 2.45) is 0 Å². The fourth-order valence-electron chi connectivity index (χ4n) is 2.93. The lowest BCUT2D eigenvalue weighted by atomic mass is 10.1. The highest BCUT2D eigenvalue weighted by atomic mass is 16.4. The first kappa shape index (κ1) is 16.5.